The van der Waals surface area contributed by atoms with Crippen molar-refractivity contribution < 1.29 is 9.47 Å². The van der Waals surface area contributed by atoms with Gasteiger partial charge in [0.25, 0.3) is 0 Å². The first-order valence-corrected chi connectivity index (χ1v) is 7.20. The fraction of sp³-hybridized carbons (Fsp3) is 0.929. The number of hydrogen-bond donors (Lipinski definition) is 2. The topological polar surface area (TPSA) is 54.9 Å². The second kappa shape index (κ2) is 13.9. The maximum absolute atomic E-state index is 5.36. The van der Waals surface area contributed by atoms with Crippen LogP contribution in [-0.4, -0.2) is 51.5 Å². The van der Waals surface area contributed by atoms with Crippen molar-refractivity contribution in [1.29, 1.82) is 0 Å². The molecule has 20 heavy (non-hydrogen) atoms. The van der Waals surface area contributed by atoms with Gasteiger partial charge in [0, 0.05) is 33.4 Å². The first kappa shape index (κ1) is 22.2. The van der Waals surface area contributed by atoms with Gasteiger partial charge in [0.1, 0.15) is 0 Å². The van der Waals surface area contributed by atoms with E-state index < -0.39 is 0 Å². The Morgan fingerprint density at radius 3 is 2.40 bits per heavy atom. The van der Waals surface area contributed by atoms with Crippen molar-refractivity contribution in [3.05, 3.63) is 0 Å². The highest BCUT2D eigenvalue weighted by atomic mass is 127. The Balaban J connectivity index is 0. The summed E-state index contributed by atoms with van der Waals surface area (Å²) in [4.78, 5) is 4.53. The van der Waals surface area contributed by atoms with E-state index in [0.717, 1.165) is 45.1 Å². The maximum atomic E-state index is 5.36. The lowest BCUT2D eigenvalue weighted by molar-refractivity contribution is 0.0310. The number of nitrogens with one attached hydrogen (secondary N) is 2. The van der Waals surface area contributed by atoms with Crippen LogP contribution in [0.25, 0.3) is 0 Å². The summed E-state index contributed by atoms with van der Waals surface area (Å²) in [6.45, 7) is 12.2. The third-order valence-corrected chi connectivity index (χ3v) is 2.73. The fourth-order valence-electron chi connectivity index (χ4n) is 1.36. The number of halogens is 1. The van der Waals surface area contributed by atoms with Crippen molar-refractivity contribution >= 4 is 29.9 Å². The van der Waals surface area contributed by atoms with Crippen LogP contribution < -0.4 is 10.6 Å². The normalized spacial score (nSPS) is 11.9. The summed E-state index contributed by atoms with van der Waals surface area (Å²) >= 11 is 0. The number of ether oxygens (including phenoxy) is 2. The zero-order valence-electron chi connectivity index (χ0n) is 13.6. The molecule has 0 rings (SSSR count). The van der Waals surface area contributed by atoms with Gasteiger partial charge in [-0.25, -0.2) is 0 Å². The summed E-state index contributed by atoms with van der Waals surface area (Å²) in [6.07, 6.45) is 2.15. The van der Waals surface area contributed by atoms with Gasteiger partial charge in [-0.1, -0.05) is 0 Å². The minimum absolute atomic E-state index is 0. The minimum Gasteiger partial charge on any atom is -0.382 e. The van der Waals surface area contributed by atoms with E-state index in [9.17, 15) is 0 Å². The van der Waals surface area contributed by atoms with Crippen LogP contribution in [0, 0.1) is 0 Å². The van der Waals surface area contributed by atoms with Crippen molar-refractivity contribution in [2.24, 2.45) is 4.99 Å². The zero-order valence-corrected chi connectivity index (χ0v) is 16.0. The van der Waals surface area contributed by atoms with Crippen LogP contribution in [0.5, 0.6) is 0 Å². The highest BCUT2D eigenvalue weighted by molar-refractivity contribution is 14.0. The Labute approximate surface area is 141 Å². The standard InChI is InChI=1S/C14H31N3O2.HI/c1-6-15-13(17-12-14(3,4)18-5)16-10-8-9-11-19-7-2;/h6-12H2,1-5H3,(H2,15,16,17);1H. The van der Waals surface area contributed by atoms with Crippen molar-refractivity contribution in [1.82, 2.24) is 10.6 Å². The maximum Gasteiger partial charge on any atom is 0.191 e. The smallest absolute Gasteiger partial charge is 0.191 e. The van der Waals surface area contributed by atoms with Crippen LogP contribution in [0.1, 0.15) is 40.5 Å². The van der Waals surface area contributed by atoms with E-state index in [1.165, 1.54) is 0 Å². The van der Waals surface area contributed by atoms with E-state index >= 15 is 0 Å². The molecule has 0 aromatic rings. The van der Waals surface area contributed by atoms with E-state index in [4.69, 9.17) is 9.47 Å². The molecule has 0 aliphatic rings. The molecule has 0 spiro atoms. The van der Waals surface area contributed by atoms with Gasteiger partial charge in [-0.15, -0.1) is 24.0 Å². The first-order chi connectivity index (χ1) is 9.05. The SMILES string of the molecule is CCNC(=NCC(C)(C)OC)NCCCCOCC.I. The first-order valence-electron chi connectivity index (χ1n) is 7.20. The summed E-state index contributed by atoms with van der Waals surface area (Å²) in [5, 5.41) is 6.56. The molecular formula is C14H32IN3O2. The lowest BCUT2D eigenvalue weighted by Gasteiger charge is -2.21. The molecule has 122 valence electrons. The summed E-state index contributed by atoms with van der Waals surface area (Å²) in [7, 11) is 1.71. The molecule has 2 N–H and O–H groups in total. The third-order valence-electron chi connectivity index (χ3n) is 2.73. The molecule has 0 aliphatic carbocycles. The molecule has 0 aromatic carbocycles. The molecule has 0 fully saturated rings. The Morgan fingerprint density at radius 1 is 1.15 bits per heavy atom. The zero-order chi connectivity index (χ0) is 14.6. The number of guanidine groups is 1. The molecule has 5 nitrogen and oxygen atoms in total. The lowest BCUT2D eigenvalue weighted by atomic mass is 10.1. The van der Waals surface area contributed by atoms with Crippen LogP contribution in [0.3, 0.4) is 0 Å². The van der Waals surface area contributed by atoms with Gasteiger partial charge in [-0.3, -0.25) is 4.99 Å². The van der Waals surface area contributed by atoms with E-state index in [1.807, 2.05) is 20.8 Å². The highest BCUT2D eigenvalue weighted by Crippen LogP contribution is 2.06. The predicted octanol–water partition coefficient (Wildman–Crippen LogP) is 2.40. The molecular weight excluding hydrogens is 369 g/mol. The average Bonchev–Trinajstić information content (AvgIpc) is 2.40. The molecule has 0 heterocycles. The average molecular weight is 401 g/mol. The van der Waals surface area contributed by atoms with Crippen molar-refractivity contribution in [2.75, 3.05) is 40.0 Å². The fourth-order valence-corrected chi connectivity index (χ4v) is 1.36. The molecule has 0 aliphatic heterocycles. The molecule has 0 saturated heterocycles. The highest BCUT2D eigenvalue weighted by Gasteiger charge is 2.15. The molecule has 0 aromatic heterocycles. The van der Waals surface area contributed by atoms with Crippen LogP contribution >= 0.6 is 24.0 Å². The van der Waals surface area contributed by atoms with Gasteiger partial charge in [0.15, 0.2) is 5.96 Å². The molecule has 0 unspecified atom stereocenters. The summed E-state index contributed by atoms with van der Waals surface area (Å²) in [5.74, 6) is 0.851. The lowest BCUT2D eigenvalue weighted by Crippen LogP contribution is -2.39. The Hall–Kier alpha value is -0.0800. The van der Waals surface area contributed by atoms with Gasteiger partial charge in [-0.05, 0) is 40.5 Å². The van der Waals surface area contributed by atoms with E-state index in [0.29, 0.717) is 6.54 Å². The van der Waals surface area contributed by atoms with Crippen LogP contribution in [0.15, 0.2) is 4.99 Å². The van der Waals surface area contributed by atoms with Crippen LogP contribution in [0.4, 0.5) is 0 Å². The number of unbranched alkanes of at least 4 members (excludes halogenated alkanes) is 1. The van der Waals surface area contributed by atoms with E-state index in [1.54, 1.807) is 7.11 Å². The summed E-state index contributed by atoms with van der Waals surface area (Å²) in [6, 6.07) is 0. The quantitative estimate of drug-likeness (QED) is 0.256. The number of hydrogen-bond acceptors (Lipinski definition) is 3. The van der Waals surface area contributed by atoms with Gasteiger partial charge in [-0.2, -0.15) is 0 Å². The predicted molar refractivity (Wildman–Crippen MR) is 96.2 cm³/mol. The van der Waals surface area contributed by atoms with E-state index in [2.05, 4.69) is 22.5 Å². The number of methoxy groups -OCH3 is 1. The second-order valence-corrected chi connectivity index (χ2v) is 4.99. The molecule has 6 heteroatoms. The molecule has 0 atom stereocenters. The minimum atomic E-state index is -0.225. The van der Waals surface area contributed by atoms with E-state index in [-0.39, 0.29) is 29.6 Å². The number of aliphatic imine (C=N–C) groups is 1. The summed E-state index contributed by atoms with van der Waals surface area (Å²) < 4.78 is 10.7. The number of rotatable bonds is 10. The second-order valence-electron chi connectivity index (χ2n) is 4.99. The molecule has 0 saturated carbocycles. The third kappa shape index (κ3) is 12.9. The van der Waals surface area contributed by atoms with Crippen molar-refractivity contribution in [3.8, 4) is 0 Å². The summed E-state index contributed by atoms with van der Waals surface area (Å²) in [5.41, 5.74) is -0.225. The monoisotopic (exact) mass is 401 g/mol. The molecule has 0 radical (unpaired) electrons. The Morgan fingerprint density at radius 2 is 1.85 bits per heavy atom. The molecule has 0 amide bonds. The van der Waals surface area contributed by atoms with Gasteiger partial charge in [0.05, 0.1) is 12.1 Å². The van der Waals surface area contributed by atoms with Crippen LogP contribution in [0.2, 0.25) is 0 Å². The van der Waals surface area contributed by atoms with Crippen LogP contribution in [-0.2, 0) is 9.47 Å². The molecule has 0 bridgehead atoms. The Kier molecular flexibility index (Phi) is 15.4. The Bertz CT molecular complexity index is 249. The van der Waals surface area contributed by atoms with Gasteiger partial charge in [0.2, 0.25) is 0 Å². The van der Waals surface area contributed by atoms with Crippen molar-refractivity contribution in [2.45, 2.75) is 46.1 Å². The van der Waals surface area contributed by atoms with Crippen molar-refractivity contribution in [3.63, 3.8) is 0 Å². The van der Waals surface area contributed by atoms with Gasteiger partial charge >= 0.3 is 0 Å². The number of nitrogens with zero attached hydrogens (tertiary/aromatic N) is 1. The van der Waals surface area contributed by atoms with Gasteiger partial charge < -0.3 is 20.1 Å². The largest absolute Gasteiger partial charge is 0.382 e.